The maximum Gasteiger partial charge on any atom is 0.258 e. The highest BCUT2D eigenvalue weighted by molar-refractivity contribution is 6.33. The second-order valence-corrected chi connectivity index (χ2v) is 7.94. The molecule has 4 aromatic rings. The molecule has 0 fully saturated rings. The molecule has 1 amide bonds. The Morgan fingerprint density at radius 3 is 2.41 bits per heavy atom. The van der Waals surface area contributed by atoms with Crippen molar-refractivity contribution >= 4 is 39.9 Å². The highest BCUT2D eigenvalue weighted by Crippen LogP contribution is 2.25. The third-order valence-corrected chi connectivity index (χ3v) is 5.80. The zero-order valence-corrected chi connectivity index (χ0v) is 19.3. The topological polar surface area (TPSA) is 75.9 Å². The van der Waals surface area contributed by atoms with Crippen LogP contribution in [-0.4, -0.2) is 39.0 Å². The molecule has 4 rings (SSSR count). The number of hydrogen-bond acceptors (Lipinski definition) is 5. The van der Waals surface area contributed by atoms with Crippen LogP contribution in [-0.2, 0) is 0 Å². The van der Waals surface area contributed by atoms with Crippen LogP contribution < -0.4 is 10.2 Å². The van der Waals surface area contributed by atoms with Crippen molar-refractivity contribution in [3.63, 3.8) is 0 Å². The van der Waals surface area contributed by atoms with Gasteiger partial charge in [0.2, 0.25) is 0 Å². The Hall–Kier alpha value is -3.45. The van der Waals surface area contributed by atoms with E-state index in [2.05, 4.69) is 58.3 Å². The lowest BCUT2D eigenvalue weighted by atomic mass is 10.1. The lowest BCUT2D eigenvalue weighted by molar-refractivity contribution is 0.102. The van der Waals surface area contributed by atoms with Crippen molar-refractivity contribution in [1.82, 2.24) is 20.0 Å². The van der Waals surface area contributed by atoms with Gasteiger partial charge < -0.3 is 10.2 Å². The van der Waals surface area contributed by atoms with E-state index in [1.54, 1.807) is 23.1 Å². The normalized spacial score (nSPS) is 11.0. The minimum absolute atomic E-state index is 0.165. The fourth-order valence-electron chi connectivity index (χ4n) is 3.70. The average molecular weight is 449 g/mol. The van der Waals surface area contributed by atoms with Gasteiger partial charge in [-0.3, -0.25) is 4.79 Å². The Balaban J connectivity index is 1.66. The summed E-state index contributed by atoms with van der Waals surface area (Å²) in [5, 5.41) is 12.4. The second kappa shape index (κ2) is 8.96. The number of fused-ring (bicyclic) bond motifs is 1. The molecule has 0 saturated carbocycles. The largest absolute Gasteiger partial charge is 0.372 e. The van der Waals surface area contributed by atoms with Crippen molar-refractivity contribution in [3.05, 3.63) is 70.5 Å². The smallest absolute Gasteiger partial charge is 0.258 e. The zero-order valence-electron chi connectivity index (χ0n) is 18.6. The summed E-state index contributed by atoms with van der Waals surface area (Å²) in [5.74, 6) is -0.319. The van der Waals surface area contributed by atoms with Crippen LogP contribution in [0.15, 0.2) is 48.7 Å². The number of aromatic nitrogens is 4. The Kier molecular flexibility index (Phi) is 6.10. The van der Waals surface area contributed by atoms with Crippen molar-refractivity contribution in [3.8, 4) is 5.69 Å². The molecule has 0 spiro atoms. The number of anilines is 2. The molecule has 0 unspecified atom stereocenters. The van der Waals surface area contributed by atoms with Gasteiger partial charge in [-0.2, -0.15) is 4.80 Å². The molecule has 0 bridgehead atoms. The van der Waals surface area contributed by atoms with Crippen LogP contribution in [0.25, 0.3) is 16.7 Å². The maximum absolute atomic E-state index is 12.7. The summed E-state index contributed by atoms with van der Waals surface area (Å²) in [7, 11) is 0. The Morgan fingerprint density at radius 2 is 1.75 bits per heavy atom. The van der Waals surface area contributed by atoms with E-state index < -0.39 is 0 Å². The van der Waals surface area contributed by atoms with Crippen LogP contribution in [0, 0.1) is 13.8 Å². The molecule has 0 radical (unpaired) electrons. The first-order valence-electron chi connectivity index (χ1n) is 10.6. The van der Waals surface area contributed by atoms with Gasteiger partial charge in [0.1, 0.15) is 16.2 Å². The van der Waals surface area contributed by atoms with E-state index in [1.165, 1.54) is 5.69 Å². The maximum atomic E-state index is 12.7. The van der Waals surface area contributed by atoms with E-state index in [0.29, 0.717) is 16.8 Å². The number of pyridine rings is 1. The van der Waals surface area contributed by atoms with Gasteiger partial charge in [-0.1, -0.05) is 11.6 Å². The van der Waals surface area contributed by atoms with E-state index in [9.17, 15) is 4.79 Å². The summed E-state index contributed by atoms with van der Waals surface area (Å²) < 4.78 is 0. The third kappa shape index (κ3) is 4.16. The minimum atomic E-state index is -0.319. The highest BCUT2D eigenvalue weighted by Gasteiger charge is 2.15. The van der Waals surface area contributed by atoms with E-state index in [4.69, 9.17) is 11.6 Å². The Labute approximate surface area is 192 Å². The van der Waals surface area contributed by atoms with Crippen molar-refractivity contribution in [2.75, 3.05) is 23.3 Å². The van der Waals surface area contributed by atoms with Gasteiger partial charge in [0, 0.05) is 30.7 Å². The van der Waals surface area contributed by atoms with Gasteiger partial charge in [0.15, 0.2) is 0 Å². The number of aryl methyl sites for hydroxylation is 2. The number of carbonyl (C=O) groups is 1. The predicted octanol–water partition coefficient (Wildman–Crippen LogP) is 5.18. The number of nitrogens with zero attached hydrogens (tertiary/aromatic N) is 5. The molecule has 2 aromatic heterocycles. The number of rotatable bonds is 6. The first-order valence-corrected chi connectivity index (χ1v) is 10.9. The lowest BCUT2D eigenvalue weighted by Crippen LogP contribution is -2.21. The monoisotopic (exact) mass is 448 g/mol. The number of benzene rings is 2. The van der Waals surface area contributed by atoms with Crippen molar-refractivity contribution in [2.45, 2.75) is 27.7 Å². The Bertz CT molecular complexity index is 1300. The molecule has 1 N–H and O–H groups in total. The number of amides is 1. The quantitative estimate of drug-likeness (QED) is 0.411. The molecule has 0 aliphatic heterocycles. The van der Waals surface area contributed by atoms with E-state index in [0.717, 1.165) is 35.4 Å². The molecule has 0 saturated heterocycles. The number of hydrogen-bond donors (Lipinski definition) is 1. The van der Waals surface area contributed by atoms with Crippen LogP contribution in [0.2, 0.25) is 5.15 Å². The minimum Gasteiger partial charge on any atom is -0.372 e. The molecular formula is C24H25ClN6O. The number of carbonyl (C=O) groups excluding carboxylic acids is 1. The molecule has 32 heavy (non-hydrogen) atoms. The molecule has 0 atom stereocenters. The van der Waals surface area contributed by atoms with E-state index in [-0.39, 0.29) is 11.1 Å². The van der Waals surface area contributed by atoms with Crippen molar-refractivity contribution < 1.29 is 4.79 Å². The first kappa shape index (κ1) is 21.8. The van der Waals surface area contributed by atoms with Gasteiger partial charge >= 0.3 is 0 Å². The predicted molar refractivity (Wildman–Crippen MR) is 129 cm³/mol. The summed E-state index contributed by atoms with van der Waals surface area (Å²) in [5.41, 5.74) is 6.50. The molecule has 2 aromatic carbocycles. The zero-order chi connectivity index (χ0) is 22.8. The molecular weight excluding hydrogens is 424 g/mol. The summed E-state index contributed by atoms with van der Waals surface area (Å²) in [4.78, 5) is 20.6. The van der Waals surface area contributed by atoms with Crippen LogP contribution >= 0.6 is 11.6 Å². The second-order valence-electron chi connectivity index (χ2n) is 7.58. The van der Waals surface area contributed by atoms with Crippen molar-refractivity contribution in [2.24, 2.45) is 0 Å². The standard InChI is InChI=1S/C24H25ClN6O/c1-5-30(6-2)17-9-10-22(16(4)12-17)31-28-20-13-15(3)19(14-21(20)29-31)27-24(32)18-8-7-11-26-23(18)25/h7-14H,5-6H2,1-4H3,(H,27,32). The number of halogens is 1. The van der Waals surface area contributed by atoms with Crippen LogP contribution in [0.1, 0.15) is 35.3 Å². The highest BCUT2D eigenvalue weighted by atomic mass is 35.5. The van der Waals surface area contributed by atoms with Crippen molar-refractivity contribution in [1.29, 1.82) is 0 Å². The van der Waals surface area contributed by atoms with E-state index in [1.807, 2.05) is 25.1 Å². The van der Waals surface area contributed by atoms with Gasteiger partial charge in [0.25, 0.3) is 5.91 Å². The molecule has 0 aliphatic rings. The van der Waals surface area contributed by atoms with Gasteiger partial charge in [-0.25, -0.2) is 4.98 Å². The fraction of sp³-hybridized carbons (Fsp3) is 0.250. The lowest BCUT2D eigenvalue weighted by Gasteiger charge is -2.22. The number of nitrogens with one attached hydrogen (secondary N) is 1. The van der Waals surface area contributed by atoms with Gasteiger partial charge in [-0.15, -0.1) is 10.2 Å². The van der Waals surface area contributed by atoms with E-state index >= 15 is 0 Å². The summed E-state index contributed by atoms with van der Waals surface area (Å²) in [6, 6.07) is 13.4. The van der Waals surface area contributed by atoms with Gasteiger partial charge in [0.05, 0.1) is 11.3 Å². The summed E-state index contributed by atoms with van der Waals surface area (Å²) >= 11 is 6.05. The SMILES string of the molecule is CCN(CC)c1ccc(-n2nc3cc(C)c(NC(=O)c4cccnc4Cl)cc3n2)c(C)c1. The van der Waals surface area contributed by atoms with Crippen LogP contribution in [0.4, 0.5) is 11.4 Å². The average Bonchev–Trinajstić information content (AvgIpc) is 3.17. The fourth-order valence-corrected chi connectivity index (χ4v) is 3.91. The summed E-state index contributed by atoms with van der Waals surface area (Å²) in [6.45, 7) is 10.2. The van der Waals surface area contributed by atoms with Crippen LogP contribution in [0.3, 0.4) is 0 Å². The molecule has 7 nitrogen and oxygen atoms in total. The molecule has 8 heteroatoms. The molecule has 164 valence electrons. The molecule has 0 aliphatic carbocycles. The third-order valence-electron chi connectivity index (χ3n) is 5.50. The molecule has 2 heterocycles. The summed E-state index contributed by atoms with van der Waals surface area (Å²) in [6.07, 6.45) is 1.55. The van der Waals surface area contributed by atoms with Gasteiger partial charge in [-0.05, 0) is 81.3 Å². The van der Waals surface area contributed by atoms with Crippen LogP contribution in [0.5, 0.6) is 0 Å². The first-order chi connectivity index (χ1) is 15.4. The Morgan fingerprint density at radius 1 is 1.03 bits per heavy atom.